The van der Waals surface area contributed by atoms with Crippen molar-refractivity contribution in [2.24, 2.45) is 0 Å². The van der Waals surface area contributed by atoms with Gasteiger partial charge in [-0.1, -0.05) is 49.4 Å². The van der Waals surface area contributed by atoms with Gasteiger partial charge in [-0.3, -0.25) is 0 Å². The van der Waals surface area contributed by atoms with Crippen LogP contribution in [0.15, 0.2) is 54.6 Å². The van der Waals surface area contributed by atoms with Gasteiger partial charge >= 0.3 is 0 Å². The smallest absolute Gasteiger partial charge is 0.143 e. The molecule has 2 aromatic rings. The van der Waals surface area contributed by atoms with Gasteiger partial charge in [0.1, 0.15) is 11.9 Å². The summed E-state index contributed by atoms with van der Waals surface area (Å²) in [6.45, 7) is 2.11. The minimum Gasteiger partial charge on any atom is -0.484 e. The first-order chi connectivity index (χ1) is 8.31. The Morgan fingerprint density at radius 2 is 1.65 bits per heavy atom. The topological polar surface area (TPSA) is 35.2 Å². The molecule has 0 radical (unpaired) electrons. The maximum Gasteiger partial charge on any atom is 0.143 e. The maximum absolute atomic E-state index is 5.96. The third-order valence-corrected chi connectivity index (χ3v) is 2.73. The fourth-order valence-corrected chi connectivity index (χ4v) is 1.80. The molecule has 2 N–H and O–H groups in total. The number of para-hydroxylation sites is 2. The summed E-state index contributed by atoms with van der Waals surface area (Å²) >= 11 is 0. The summed E-state index contributed by atoms with van der Waals surface area (Å²) in [5.41, 5.74) is 7.74. The standard InChI is InChI=1S/C15H17NO/c1-2-14(12-8-4-3-5-9-12)17-15-11-7-6-10-13(15)16/h3-11,14H,2,16H2,1H3. The highest BCUT2D eigenvalue weighted by atomic mass is 16.5. The van der Waals surface area contributed by atoms with E-state index in [-0.39, 0.29) is 6.10 Å². The molecule has 0 aliphatic rings. The van der Waals surface area contributed by atoms with Crippen LogP contribution in [0.5, 0.6) is 5.75 Å². The minimum absolute atomic E-state index is 0.0564. The lowest BCUT2D eigenvalue weighted by molar-refractivity contribution is 0.202. The molecule has 88 valence electrons. The van der Waals surface area contributed by atoms with Crippen molar-refractivity contribution < 1.29 is 4.74 Å². The summed E-state index contributed by atoms with van der Waals surface area (Å²) < 4.78 is 5.96. The molecule has 1 atom stereocenters. The Bertz CT molecular complexity index is 467. The summed E-state index contributed by atoms with van der Waals surface area (Å²) in [4.78, 5) is 0. The number of benzene rings is 2. The van der Waals surface area contributed by atoms with Crippen LogP contribution in [-0.2, 0) is 0 Å². The lowest BCUT2D eigenvalue weighted by atomic mass is 10.1. The van der Waals surface area contributed by atoms with Crippen molar-refractivity contribution in [3.63, 3.8) is 0 Å². The fourth-order valence-electron chi connectivity index (χ4n) is 1.80. The Morgan fingerprint density at radius 1 is 1.00 bits per heavy atom. The van der Waals surface area contributed by atoms with E-state index in [4.69, 9.17) is 10.5 Å². The van der Waals surface area contributed by atoms with E-state index in [2.05, 4.69) is 19.1 Å². The largest absolute Gasteiger partial charge is 0.484 e. The van der Waals surface area contributed by atoms with Crippen LogP contribution in [0.3, 0.4) is 0 Å². The monoisotopic (exact) mass is 227 g/mol. The third kappa shape index (κ3) is 2.78. The first kappa shape index (κ1) is 11.5. The van der Waals surface area contributed by atoms with E-state index in [0.717, 1.165) is 12.2 Å². The van der Waals surface area contributed by atoms with Crippen molar-refractivity contribution in [3.8, 4) is 5.75 Å². The van der Waals surface area contributed by atoms with E-state index >= 15 is 0 Å². The third-order valence-electron chi connectivity index (χ3n) is 2.73. The predicted octanol–water partition coefficient (Wildman–Crippen LogP) is 3.80. The number of hydrogen-bond acceptors (Lipinski definition) is 2. The van der Waals surface area contributed by atoms with Crippen LogP contribution < -0.4 is 10.5 Å². The van der Waals surface area contributed by atoms with Crippen molar-refractivity contribution in [2.45, 2.75) is 19.4 Å². The van der Waals surface area contributed by atoms with Gasteiger partial charge in [-0.15, -0.1) is 0 Å². The van der Waals surface area contributed by atoms with E-state index in [0.29, 0.717) is 5.69 Å². The Labute approximate surface area is 102 Å². The van der Waals surface area contributed by atoms with E-state index < -0.39 is 0 Å². The van der Waals surface area contributed by atoms with Crippen LogP contribution in [0, 0.1) is 0 Å². The van der Waals surface area contributed by atoms with Gasteiger partial charge in [0.15, 0.2) is 0 Å². The van der Waals surface area contributed by atoms with Crippen LogP contribution in [0.2, 0.25) is 0 Å². The van der Waals surface area contributed by atoms with Gasteiger partial charge in [0.2, 0.25) is 0 Å². The van der Waals surface area contributed by atoms with Crippen molar-refractivity contribution >= 4 is 5.69 Å². The predicted molar refractivity (Wildman–Crippen MR) is 71.0 cm³/mol. The number of anilines is 1. The van der Waals surface area contributed by atoms with Gasteiger partial charge in [-0.05, 0) is 24.1 Å². The zero-order valence-electron chi connectivity index (χ0n) is 9.97. The first-order valence-corrected chi connectivity index (χ1v) is 5.87. The second kappa shape index (κ2) is 5.39. The summed E-state index contributed by atoms with van der Waals surface area (Å²) in [7, 11) is 0. The van der Waals surface area contributed by atoms with Crippen LogP contribution in [0.4, 0.5) is 5.69 Å². The van der Waals surface area contributed by atoms with Gasteiger partial charge in [0.25, 0.3) is 0 Å². The SMILES string of the molecule is CCC(Oc1ccccc1N)c1ccccc1. The zero-order valence-corrected chi connectivity index (χ0v) is 9.97. The lowest BCUT2D eigenvalue weighted by Crippen LogP contribution is -2.07. The second-order valence-electron chi connectivity index (χ2n) is 3.96. The average molecular weight is 227 g/mol. The minimum atomic E-state index is 0.0564. The van der Waals surface area contributed by atoms with E-state index in [1.54, 1.807) is 0 Å². The molecule has 0 spiro atoms. The highest BCUT2D eigenvalue weighted by Gasteiger charge is 2.11. The van der Waals surface area contributed by atoms with E-state index in [9.17, 15) is 0 Å². The molecule has 0 amide bonds. The fraction of sp³-hybridized carbons (Fsp3) is 0.200. The molecule has 2 nitrogen and oxygen atoms in total. The summed E-state index contributed by atoms with van der Waals surface area (Å²) in [5, 5.41) is 0. The van der Waals surface area contributed by atoms with E-state index in [1.165, 1.54) is 5.56 Å². The molecule has 0 bridgehead atoms. The number of rotatable bonds is 4. The average Bonchev–Trinajstić information content (AvgIpc) is 2.39. The van der Waals surface area contributed by atoms with Gasteiger partial charge in [-0.2, -0.15) is 0 Å². The van der Waals surface area contributed by atoms with Gasteiger partial charge < -0.3 is 10.5 Å². The van der Waals surface area contributed by atoms with Crippen LogP contribution in [0.1, 0.15) is 25.0 Å². The van der Waals surface area contributed by atoms with Gasteiger partial charge in [0.05, 0.1) is 5.69 Å². The molecule has 0 aliphatic heterocycles. The molecule has 2 aromatic carbocycles. The number of nitrogen functional groups attached to an aromatic ring is 1. The molecule has 2 heteroatoms. The molecular weight excluding hydrogens is 210 g/mol. The van der Waals surface area contributed by atoms with Crippen LogP contribution >= 0.6 is 0 Å². The second-order valence-corrected chi connectivity index (χ2v) is 3.96. The molecular formula is C15H17NO. The van der Waals surface area contributed by atoms with Crippen molar-refractivity contribution in [1.82, 2.24) is 0 Å². The molecule has 0 aromatic heterocycles. The van der Waals surface area contributed by atoms with Gasteiger partial charge in [-0.25, -0.2) is 0 Å². The van der Waals surface area contributed by atoms with Crippen LogP contribution in [0.25, 0.3) is 0 Å². The zero-order chi connectivity index (χ0) is 12.1. The molecule has 0 heterocycles. The molecule has 0 aliphatic carbocycles. The molecule has 1 unspecified atom stereocenters. The first-order valence-electron chi connectivity index (χ1n) is 5.87. The summed E-state index contributed by atoms with van der Waals surface area (Å²) in [6.07, 6.45) is 0.971. The molecule has 2 rings (SSSR count). The number of ether oxygens (including phenoxy) is 1. The normalized spacial score (nSPS) is 12.1. The maximum atomic E-state index is 5.96. The number of hydrogen-bond donors (Lipinski definition) is 1. The van der Waals surface area contributed by atoms with E-state index in [1.807, 2.05) is 42.5 Å². The summed E-state index contributed by atoms with van der Waals surface area (Å²) in [5.74, 6) is 0.753. The molecule has 0 saturated heterocycles. The highest BCUT2D eigenvalue weighted by Crippen LogP contribution is 2.28. The molecule has 0 saturated carbocycles. The van der Waals surface area contributed by atoms with Crippen molar-refractivity contribution in [3.05, 3.63) is 60.2 Å². The Kier molecular flexibility index (Phi) is 3.66. The quantitative estimate of drug-likeness (QED) is 0.806. The Hall–Kier alpha value is -1.96. The summed E-state index contributed by atoms with van der Waals surface area (Å²) in [6, 6.07) is 17.8. The molecule has 17 heavy (non-hydrogen) atoms. The van der Waals surface area contributed by atoms with Crippen molar-refractivity contribution in [1.29, 1.82) is 0 Å². The van der Waals surface area contributed by atoms with Crippen LogP contribution in [-0.4, -0.2) is 0 Å². The van der Waals surface area contributed by atoms with Crippen molar-refractivity contribution in [2.75, 3.05) is 5.73 Å². The number of nitrogens with two attached hydrogens (primary N) is 1. The van der Waals surface area contributed by atoms with Gasteiger partial charge in [0, 0.05) is 0 Å². The molecule has 0 fully saturated rings. The Morgan fingerprint density at radius 3 is 2.29 bits per heavy atom. The highest BCUT2D eigenvalue weighted by molar-refractivity contribution is 5.52. The lowest BCUT2D eigenvalue weighted by Gasteiger charge is -2.19. The Balaban J connectivity index is 2.19.